The molecule has 1 saturated heterocycles. The molecular weight excluding hydrogens is 371 g/mol. The van der Waals surface area contributed by atoms with Crippen LogP contribution in [0.2, 0.25) is 14.8 Å². The summed E-state index contributed by atoms with van der Waals surface area (Å²) in [5, 5.41) is 18.8. The molecule has 8 heteroatoms. The SMILES string of the molecule is [CH3][Sn]([CH3])([CH3])[c]1cn([C@@H]2C[C@@H](O)[C@@H](CO)O2)c(=O)[nH]c1=O. The molecule has 20 heavy (non-hydrogen) atoms. The number of H-pyrrole nitrogens is 1. The molecule has 1 aromatic rings. The third-order valence-electron chi connectivity index (χ3n) is 3.47. The summed E-state index contributed by atoms with van der Waals surface area (Å²) < 4.78 is 7.45. The molecule has 7 nitrogen and oxygen atoms in total. The molecule has 1 aliphatic rings. The number of aromatic nitrogens is 2. The summed E-state index contributed by atoms with van der Waals surface area (Å²) in [6.45, 7) is -0.304. The van der Waals surface area contributed by atoms with Crippen LogP contribution in [0.4, 0.5) is 0 Å². The van der Waals surface area contributed by atoms with E-state index in [1.807, 2.05) is 0 Å². The van der Waals surface area contributed by atoms with Crippen LogP contribution in [0.15, 0.2) is 15.8 Å². The fourth-order valence-corrected chi connectivity index (χ4v) is 5.91. The van der Waals surface area contributed by atoms with Crippen molar-refractivity contribution < 1.29 is 14.9 Å². The molecule has 0 aromatic carbocycles. The van der Waals surface area contributed by atoms with Crippen LogP contribution in [0.3, 0.4) is 0 Å². The van der Waals surface area contributed by atoms with Gasteiger partial charge in [0.15, 0.2) is 0 Å². The summed E-state index contributed by atoms with van der Waals surface area (Å²) in [6.07, 6.45) is -0.380. The van der Waals surface area contributed by atoms with E-state index in [2.05, 4.69) is 19.8 Å². The molecule has 0 saturated carbocycles. The summed E-state index contributed by atoms with van der Waals surface area (Å²) in [6, 6.07) is 0. The molecule has 2 rings (SSSR count). The molecule has 1 fully saturated rings. The van der Waals surface area contributed by atoms with Crippen LogP contribution in [0.1, 0.15) is 12.6 Å². The van der Waals surface area contributed by atoms with Gasteiger partial charge in [-0.3, -0.25) is 0 Å². The minimum atomic E-state index is -2.65. The van der Waals surface area contributed by atoms with E-state index in [0.29, 0.717) is 3.58 Å². The van der Waals surface area contributed by atoms with Crippen molar-refractivity contribution in [2.75, 3.05) is 6.61 Å². The van der Waals surface area contributed by atoms with Crippen molar-refractivity contribution in [1.82, 2.24) is 9.55 Å². The summed E-state index contributed by atoms with van der Waals surface area (Å²) in [7, 11) is 0. The number of rotatable bonds is 3. The maximum absolute atomic E-state index is 11.9. The number of aliphatic hydroxyl groups is 2. The second-order valence-corrected chi connectivity index (χ2v) is 20.5. The molecule has 1 aliphatic heterocycles. The predicted molar refractivity (Wildman–Crippen MR) is 75.9 cm³/mol. The van der Waals surface area contributed by atoms with Gasteiger partial charge in [0.1, 0.15) is 0 Å². The van der Waals surface area contributed by atoms with Gasteiger partial charge in [0, 0.05) is 0 Å². The number of ether oxygens (including phenoxy) is 1. The van der Waals surface area contributed by atoms with Crippen molar-refractivity contribution in [3.63, 3.8) is 0 Å². The first-order valence-corrected chi connectivity index (χ1v) is 16.5. The fourth-order valence-electron chi connectivity index (χ4n) is 2.28. The average molecular weight is 391 g/mol. The Labute approximate surface area is 120 Å². The van der Waals surface area contributed by atoms with Crippen molar-refractivity contribution in [2.45, 2.75) is 39.7 Å². The Morgan fingerprint density at radius 1 is 1.45 bits per heavy atom. The van der Waals surface area contributed by atoms with Gasteiger partial charge in [-0.1, -0.05) is 0 Å². The summed E-state index contributed by atoms with van der Waals surface area (Å²) in [4.78, 5) is 32.4. The van der Waals surface area contributed by atoms with Gasteiger partial charge in [0.2, 0.25) is 0 Å². The van der Waals surface area contributed by atoms with Gasteiger partial charge in [-0.25, -0.2) is 0 Å². The number of hydrogen-bond donors (Lipinski definition) is 3. The molecule has 3 atom stereocenters. The van der Waals surface area contributed by atoms with E-state index in [-0.39, 0.29) is 18.6 Å². The standard InChI is InChI=1S/C9H11N2O5.3CH3.Sn/c12-4-6-5(13)3-8(16-6)11-2-1-7(14)10-9(11)15;;;;/h2,5-6,8,12-13H,3-4H2,(H,10,14,15);3*1H3;/t5-,6-,8+;;;;/m1..../s1. The van der Waals surface area contributed by atoms with Gasteiger partial charge in [-0.2, -0.15) is 0 Å². The number of nitrogens with one attached hydrogen (secondary N) is 1. The van der Waals surface area contributed by atoms with Gasteiger partial charge in [-0.05, 0) is 0 Å². The molecule has 1 aromatic heterocycles. The zero-order valence-corrected chi connectivity index (χ0v) is 14.6. The van der Waals surface area contributed by atoms with Gasteiger partial charge in [0.05, 0.1) is 0 Å². The third kappa shape index (κ3) is 3.00. The Morgan fingerprint density at radius 2 is 2.10 bits per heavy atom. The number of hydrogen-bond acceptors (Lipinski definition) is 5. The van der Waals surface area contributed by atoms with E-state index in [9.17, 15) is 14.7 Å². The molecule has 0 bridgehead atoms. The first-order valence-electron chi connectivity index (χ1n) is 6.54. The quantitative estimate of drug-likeness (QED) is 0.558. The predicted octanol–water partition coefficient (Wildman–Crippen LogP) is -1.28. The first kappa shape index (κ1) is 15.7. The molecule has 0 spiro atoms. The van der Waals surface area contributed by atoms with E-state index in [1.54, 1.807) is 6.20 Å². The fraction of sp³-hybridized carbons (Fsp3) is 0.667. The van der Waals surface area contributed by atoms with Crippen molar-refractivity contribution in [3.8, 4) is 0 Å². The van der Waals surface area contributed by atoms with Gasteiger partial charge in [0.25, 0.3) is 0 Å². The second-order valence-electron chi connectivity index (χ2n) is 6.07. The molecule has 2 heterocycles. The van der Waals surface area contributed by atoms with Crippen LogP contribution in [-0.2, 0) is 4.74 Å². The van der Waals surface area contributed by atoms with Crippen LogP contribution >= 0.6 is 0 Å². The molecule has 0 unspecified atom stereocenters. The van der Waals surface area contributed by atoms with E-state index in [0.717, 1.165) is 0 Å². The summed E-state index contributed by atoms with van der Waals surface area (Å²) in [5.74, 6) is 0. The van der Waals surface area contributed by atoms with E-state index >= 15 is 0 Å². The summed E-state index contributed by atoms with van der Waals surface area (Å²) in [5.41, 5.74) is -0.878. The van der Waals surface area contributed by atoms with Crippen LogP contribution < -0.4 is 14.8 Å². The van der Waals surface area contributed by atoms with Crippen LogP contribution in [0.25, 0.3) is 0 Å². The Kier molecular flexibility index (Phi) is 4.43. The normalized spacial score (nSPS) is 26.9. The van der Waals surface area contributed by atoms with Crippen molar-refractivity contribution in [1.29, 1.82) is 0 Å². The van der Waals surface area contributed by atoms with Crippen molar-refractivity contribution in [3.05, 3.63) is 27.0 Å². The van der Waals surface area contributed by atoms with E-state index in [1.165, 1.54) is 4.57 Å². The Morgan fingerprint density at radius 3 is 2.60 bits per heavy atom. The summed E-state index contributed by atoms with van der Waals surface area (Å²) >= 11 is -2.65. The maximum atomic E-state index is 11.9. The van der Waals surface area contributed by atoms with E-state index < -0.39 is 42.5 Å². The second kappa shape index (κ2) is 5.63. The molecule has 3 N–H and O–H groups in total. The molecule has 0 radical (unpaired) electrons. The zero-order valence-electron chi connectivity index (χ0n) is 11.8. The van der Waals surface area contributed by atoms with Crippen LogP contribution in [0, 0.1) is 0 Å². The Hall–Kier alpha value is -0.641. The first-order chi connectivity index (χ1) is 9.24. The zero-order chi connectivity index (χ0) is 15.1. The average Bonchev–Trinajstić information content (AvgIpc) is 2.68. The molecule has 112 valence electrons. The van der Waals surface area contributed by atoms with Crippen LogP contribution in [-0.4, -0.2) is 57.0 Å². The number of nitrogens with zero attached hydrogens (tertiary/aromatic N) is 1. The monoisotopic (exact) mass is 392 g/mol. The van der Waals surface area contributed by atoms with Crippen molar-refractivity contribution in [2.24, 2.45) is 0 Å². The topological polar surface area (TPSA) is 105 Å². The minimum absolute atomic E-state index is 0.219. The van der Waals surface area contributed by atoms with Gasteiger partial charge >= 0.3 is 120 Å². The third-order valence-corrected chi connectivity index (χ3v) is 9.10. The Balaban J connectivity index is 2.43. The van der Waals surface area contributed by atoms with Crippen molar-refractivity contribution >= 4 is 22.0 Å². The molecule has 0 amide bonds. The number of aliphatic hydroxyl groups excluding tert-OH is 2. The van der Waals surface area contributed by atoms with Gasteiger partial charge in [-0.15, -0.1) is 0 Å². The van der Waals surface area contributed by atoms with Crippen LogP contribution in [0.5, 0.6) is 0 Å². The Bertz CT molecular complexity index is 603. The molecular formula is C12H20N2O5Sn. The van der Waals surface area contributed by atoms with Gasteiger partial charge < -0.3 is 0 Å². The molecule has 0 aliphatic carbocycles. The van der Waals surface area contributed by atoms with E-state index in [4.69, 9.17) is 9.84 Å². The number of aromatic amines is 1.